The predicted octanol–water partition coefficient (Wildman–Crippen LogP) is 1.81. The molecular formula is C18H28N2O3. The minimum Gasteiger partial charge on any atom is -0.497 e. The van der Waals surface area contributed by atoms with Crippen molar-refractivity contribution in [1.29, 1.82) is 0 Å². The van der Waals surface area contributed by atoms with Crippen LogP contribution in [0.4, 0.5) is 0 Å². The SMILES string of the molecule is COCCN1C(C)CN(C(=O)Cc2ccc(OC)cc2)CC1C. The molecule has 0 radical (unpaired) electrons. The van der Waals surface area contributed by atoms with Gasteiger partial charge in [-0.3, -0.25) is 9.69 Å². The summed E-state index contributed by atoms with van der Waals surface area (Å²) >= 11 is 0. The average Bonchev–Trinajstić information content (AvgIpc) is 2.54. The molecule has 0 aromatic heterocycles. The first-order valence-corrected chi connectivity index (χ1v) is 8.20. The van der Waals surface area contributed by atoms with E-state index in [4.69, 9.17) is 9.47 Å². The number of hydrogen-bond donors (Lipinski definition) is 0. The summed E-state index contributed by atoms with van der Waals surface area (Å²) < 4.78 is 10.3. The third kappa shape index (κ3) is 4.69. The fraction of sp³-hybridized carbons (Fsp3) is 0.611. The van der Waals surface area contributed by atoms with Crippen molar-refractivity contribution in [2.45, 2.75) is 32.4 Å². The highest BCUT2D eigenvalue weighted by Gasteiger charge is 2.31. The monoisotopic (exact) mass is 320 g/mol. The van der Waals surface area contributed by atoms with E-state index in [1.165, 1.54) is 0 Å². The van der Waals surface area contributed by atoms with Crippen molar-refractivity contribution < 1.29 is 14.3 Å². The second kappa shape index (κ2) is 8.31. The Morgan fingerprint density at radius 1 is 1.13 bits per heavy atom. The Bertz CT molecular complexity index is 491. The maximum atomic E-state index is 12.6. The molecule has 128 valence electrons. The van der Waals surface area contributed by atoms with Crippen LogP contribution in [0, 0.1) is 0 Å². The normalized spacial score (nSPS) is 22.2. The van der Waals surface area contributed by atoms with Crippen LogP contribution in [0.1, 0.15) is 19.4 Å². The van der Waals surface area contributed by atoms with E-state index < -0.39 is 0 Å². The first-order chi connectivity index (χ1) is 11.0. The van der Waals surface area contributed by atoms with Gasteiger partial charge in [0.15, 0.2) is 0 Å². The van der Waals surface area contributed by atoms with Crippen LogP contribution in [0.3, 0.4) is 0 Å². The number of benzene rings is 1. The maximum Gasteiger partial charge on any atom is 0.227 e. The number of rotatable bonds is 6. The lowest BCUT2D eigenvalue weighted by molar-refractivity contribution is -0.135. The maximum absolute atomic E-state index is 12.6. The molecule has 5 nitrogen and oxygen atoms in total. The Kier molecular flexibility index (Phi) is 6.42. The molecule has 1 heterocycles. The molecule has 0 aliphatic carbocycles. The average molecular weight is 320 g/mol. The van der Waals surface area contributed by atoms with Gasteiger partial charge < -0.3 is 14.4 Å². The van der Waals surface area contributed by atoms with Crippen LogP contribution in [-0.2, 0) is 16.0 Å². The van der Waals surface area contributed by atoms with Gasteiger partial charge in [-0.15, -0.1) is 0 Å². The number of amides is 1. The third-order valence-corrected chi connectivity index (χ3v) is 4.52. The summed E-state index contributed by atoms with van der Waals surface area (Å²) in [7, 11) is 3.37. The van der Waals surface area contributed by atoms with Crippen LogP contribution < -0.4 is 4.74 Å². The predicted molar refractivity (Wildman–Crippen MR) is 90.8 cm³/mol. The summed E-state index contributed by atoms with van der Waals surface area (Å²) in [5.74, 6) is 1.01. The fourth-order valence-electron chi connectivity index (χ4n) is 3.23. The highest BCUT2D eigenvalue weighted by Crippen LogP contribution is 2.17. The lowest BCUT2D eigenvalue weighted by atomic mass is 10.1. The van der Waals surface area contributed by atoms with Crippen molar-refractivity contribution in [2.24, 2.45) is 0 Å². The molecule has 0 saturated carbocycles. The van der Waals surface area contributed by atoms with E-state index in [0.717, 1.165) is 37.6 Å². The molecule has 2 rings (SSSR count). The second-order valence-corrected chi connectivity index (χ2v) is 6.25. The van der Waals surface area contributed by atoms with Crippen LogP contribution in [-0.4, -0.2) is 68.3 Å². The molecule has 0 spiro atoms. The van der Waals surface area contributed by atoms with Crippen LogP contribution in [0.15, 0.2) is 24.3 Å². The van der Waals surface area contributed by atoms with Crippen molar-refractivity contribution in [1.82, 2.24) is 9.80 Å². The van der Waals surface area contributed by atoms with Gasteiger partial charge in [0.2, 0.25) is 5.91 Å². The molecule has 1 amide bonds. The van der Waals surface area contributed by atoms with Gasteiger partial charge >= 0.3 is 0 Å². The minimum absolute atomic E-state index is 0.195. The number of nitrogens with zero attached hydrogens (tertiary/aromatic N) is 2. The Labute approximate surface area is 139 Å². The van der Waals surface area contributed by atoms with E-state index in [1.807, 2.05) is 29.2 Å². The molecular weight excluding hydrogens is 292 g/mol. The molecule has 0 N–H and O–H groups in total. The Balaban J connectivity index is 1.92. The molecule has 2 unspecified atom stereocenters. The molecule has 2 atom stereocenters. The first-order valence-electron chi connectivity index (χ1n) is 8.20. The summed E-state index contributed by atoms with van der Waals surface area (Å²) in [6.07, 6.45) is 0.446. The Hall–Kier alpha value is -1.59. The Morgan fingerprint density at radius 2 is 1.74 bits per heavy atom. The molecule has 1 aliphatic rings. The van der Waals surface area contributed by atoms with E-state index in [1.54, 1.807) is 14.2 Å². The minimum atomic E-state index is 0.195. The largest absolute Gasteiger partial charge is 0.497 e. The highest BCUT2D eigenvalue weighted by atomic mass is 16.5. The summed E-state index contributed by atoms with van der Waals surface area (Å²) in [6.45, 7) is 7.57. The van der Waals surface area contributed by atoms with Gasteiger partial charge in [-0.05, 0) is 31.5 Å². The van der Waals surface area contributed by atoms with Gasteiger partial charge in [-0.2, -0.15) is 0 Å². The van der Waals surface area contributed by atoms with Crippen molar-refractivity contribution >= 4 is 5.91 Å². The fourth-order valence-corrected chi connectivity index (χ4v) is 3.23. The van der Waals surface area contributed by atoms with Crippen LogP contribution in [0.25, 0.3) is 0 Å². The van der Waals surface area contributed by atoms with Gasteiger partial charge in [-0.25, -0.2) is 0 Å². The topological polar surface area (TPSA) is 42.0 Å². The Morgan fingerprint density at radius 3 is 2.26 bits per heavy atom. The number of piperazine rings is 1. The summed E-state index contributed by atoms with van der Waals surface area (Å²) in [5, 5.41) is 0. The van der Waals surface area contributed by atoms with Gasteiger partial charge in [0.25, 0.3) is 0 Å². The van der Waals surface area contributed by atoms with Crippen molar-refractivity contribution in [2.75, 3.05) is 40.5 Å². The van der Waals surface area contributed by atoms with Crippen molar-refractivity contribution in [3.63, 3.8) is 0 Å². The molecule has 5 heteroatoms. The molecule has 1 aromatic carbocycles. The lowest BCUT2D eigenvalue weighted by Crippen LogP contribution is -2.58. The molecule has 23 heavy (non-hydrogen) atoms. The molecule has 1 aromatic rings. The lowest BCUT2D eigenvalue weighted by Gasteiger charge is -2.44. The summed E-state index contributed by atoms with van der Waals surface area (Å²) in [6, 6.07) is 8.42. The quantitative estimate of drug-likeness (QED) is 0.802. The highest BCUT2D eigenvalue weighted by molar-refractivity contribution is 5.79. The zero-order valence-electron chi connectivity index (χ0n) is 14.6. The zero-order valence-corrected chi connectivity index (χ0v) is 14.6. The number of methoxy groups -OCH3 is 2. The second-order valence-electron chi connectivity index (χ2n) is 6.25. The van der Waals surface area contributed by atoms with Crippen molar-refractivity contribution in [3.05, 3.63) is 29.8 Å². The smallest absolute Gasteiger partial charge is 0.227 e. The summed E-state index contributed by atoms with van der Waals surface area (Å²) in [4.78, 5) is 17.0. The number of carbonyl (C=O) groups excluding carboxylic acids is 1. The standard InChI is InChI=1S/C18H28N2O3/c1-14-12-19(13-15(2)20(14)9-10-22-3)18(21)11-16-5-7-17(23-4)8-6-16/h5-8,14-15H,9-13H2,1-4H3. The van der Waals surface area contributed by atoms with Gasteiger partial charge in [0, 0.05) is 38.8 Å². The van der Waals surface area contributed by atoms with Crippen molar-refractivity contribution in [3.8, 4) is 5.75 Å². The van der Waals surface area contributed by atoms with Gasteiger partial charge in [0.1, 0.15) is 5.75 Å². The van der Waals surface area contributed by atoms with E-state index in [0.29, 0.717) is 18.5 Å². The number of ether oxygens (including phenoxy) is 2. The van der Waals surface area contributed by atoms with E-state index in [2.05, 4.69) is 18.7 Å². The number of hydrogen-bond acceptors (Lipinski definition) is 4. The van der Waals surface area contributed by atoms with Gasteiger partial charge in [0.05, 0.1) is 20.1 Å². The first kappa shape index (κ1) is 17.8. The zero-order chi connectivity index (χ0) is 16.8. The molecule has 1 fully saturated rings. The van der Waals surface area contributed by atoms with E-state index in [-0.39, 0.29) is 5.91 Å². The van der Waals surface area contributed by atoms with Crippen LogP contribution >= 0.6 is 0 Å². The molecule has 1 aliphatic heterocycles. The third-order valence-electron chi connectivity index (χ3n) is 4.52. The van der Waals surface area contributed by atoms with E-state index >= 15 is 0 Å². The number of carbonyl (C=O) groups is 1. The summed E-state index contributed by atoms with van der Waals surface area (Å²) in [5.41, 5.74) is 1.03. The molecule has 0 bridgehead atoms. The van der Waals surface area contributed by atoms with Gasteiger partial charge in [-0.1, -0.05) is 12.1 Å². The van der Waals surface area contributed by atoms with Crippen LogP contribution in [0.5, 0.6) is 5.75 Å². The van der Waals surface area contributed by atoms with E-state index in [9.17, 15) is 4.79 Å². The molecule has 1 saturated heterocycles. The van der Waals surface area contributed by atoms with Crippen LogP contribution in [0.2, 0.25) is 0 Å².